The molecule has 0 atom stereocenters. The molecule has 21 aromatic rings. The quantitative estimate of drug-likeness (QED) is 0.125. The molecule has 0 amide bonds. The van der Waals surface area contributed by atoms with Gasteiger partial charge in [-0.15, -0.1) is 0 Å². The van der Waals surface area contributed by atoms with Crippen molar-refractivity contribution in [2.24, 2.45) is 0 Å². The van der Waals surface area contributed by atoms with E-state index in [-0.39, 0.29) is 5.41 Å². The molecular weight excluding hydrogens is 1710 g/mol. The van der Waals surface area contributed by atoms with Crippen molar-refractivity contribution >= 4 is 130 Å². The van der Waals surface area contributed by atoms with Crippen LogP contribution in [0.15, 0.2) is 431 Å². The number of aryl methyl sites for hydroxylation is 1. The molecule has 22 rings (SSSR count). The van der Waals surface area contributed by atoms with Crippen LogP contribution in [0.25, 0.3) is 130 Å². The predicted molar refractivity (Wildman–Crippen MR) is 661 cm³/mol. The first-order chi connectivity index (χ1) is 70.1. The summed E-state index contributed by atoms with van der Waals surface area (Å²) in [6.07, 6.45) is 0. The molecule has 142 heavy (non-hydrogen) atoms. The Morgan fingerprint density at radius 2 is 0.338 bits per heavy atom. The molecule has 1 aliphatic carbocycles. The number of anilines is 4. The normalized spacial score (nSPS) is 9.64. The lowest BCUT2D eigenvalue weighted by molar-refractivity contribution is 0.660. The van der Waals surface area contributed by atoms with Crippen molar-refractivity contribution in [3.05, 3.63) is 447 Å². The highest BCUT2D eigenvalue weighted by molar-refractivity contribution is 6.33. The van der Waals surface area contributed by atoms with Crippen molar-refractivity contribution in [1.82, 2.24) is 0 Å². The first kappa shape index (κ1) is 128. The van der Waals surface area contributed by atoms with Crippen molar-refractivity contribution in [3.63, 3.8) is 0 Å². The van der Waals surface area contributed by atoms with Crippen LogP contribution in [0.2, 0.25) is 0 Å². The van der Waals surface area contributed by atoms with Crippen LogP contribution in [0, 0.1) is 6.92 Å². The van der Waals surface area contributed by atoms with Gasteiger partial charge >= 0.3 is 0 Å². The molecule has 2 nitrogen and oxygen atoms in total. The van der Waals surface area contributed by atoms with Gasteiger partial charge in [0.2, 0.25) is 0 Å². The zero-order valence-electron chi connectivity index (χ0n) is 94.9. The second-order valence-electron chi connectivity index (χ2n) is 28.8. The van der Waals surface area contributed by atoms with Gasteiger partial charge in [-0.1, -0.05) is 623 Å². The minimum atomic E-state index is 0.160. The standard InChI is InChI=1S/C20H12.C18H12.C16H10.C15H14.2C13H13N.C13H12.16C2H6/c1-5-13-6-2-11-17-18-12-4-8-14-7-3-10-16(20(14)18)15(9-1)19(13)17;1-3-7-15-13(5-1)9-11-18-16-8-4-2-6-14(16)10-12-17(15)18;1-3-11-7-9-13-5-2-6-14-10-8-12(4-1)15(11)16(13)14;1-15(2)13-9-5-3-7-11(13)12-8-4-6-10-14(12)15;2*1-14(12-8-4-2-5-9-12)13-10-6-3-7-11-13;1-11-7-9-13(10-8-11)12-5-3-2-4-6-12;16*1-2/h1-12H;1-12H;1-10H;3-10H,1-2H3;2*2-11H,1H3;2-10H,1H3;16*1-2H3. The highest BCUT2D eigenvalue weighted by Gasteiger charge is 2.34. The average Bonchev–Trinajstić information content (AvgIpc) is 0.764. The van der Waals surface area contributed by atoms with Crippen molar-refractivity contribution in [3.8, 4) is 22.3 Å². The molecule has 0 heterocycles. The van der Waals surface area contributed by atoms with E-state index in [2.05, 4.69) is 445 Å². The van der Waals surface area contributed by atoms with Crippen LogP contribution in [-0.2, 0) is 5.41 Å². The number of nitrogens with zero attached hydrogens (tertiary/aromatic N) is 2. The summed E-state index contributed by atoms with van der Waals surface area (Å²) >= 11 is 0. The van der Waals surface area contributed by atoms with E-state index in [1.165, 1.54) is 169 Å². The number of fused-ring (bicyclic) bond motifs is 10. The number of benzene rings is 21. The Balaban J connectivity index is 0.00000156. The molecule has 21 aromatic carbocycles. The van der Waals surface area contributed by atoms with Crippen LogP contribution in [0.3, 0.4) is 0 Å². The van der Waals surface area contributed by atoms with Gasteiger partial charge in [-0.25, -0.2) is 0 Å². The van der Waals surface area contributed by atoms with Crippen LogP contribution >= 0.6 is 0 Å². The van der Waals surface area contributed by atoms with Gasteiger partial charge in [0.05, 0.1) is 0 Å². The molecule has 0 spiro atoms. The van der Waals surface area contributed by atoms with Gasteiger partial charge in [0.1, 0.15) is 0 Å². The van der Waals surface area contributed by atoms with Crippen LogP contribution < -0.4 is 9.80 Å². The van der Waals surface area contributed by atoms with E-state index >= 15 is 0 Å². The first-order valence-electron chi connectivity index (χ1n) is 54.1. The highest BCUT2D eigenvalue weighted by Crippen LogP contribution is 2.48. The Morgan fingerprint density at radius 3 is 0.606 bits per heavy atom. The van der Waals surface area contributed by atoms with Gasteiger partial charge in [-0.2, -0.15) is 0 Å². The Hall–Kier alpha value is -13.7. The fourth-order valence-electron chi connectivity index (χ4n) is 16.0. The molecule has 0 bridgehead atoms. The number of hydrogen-bond donors (Lipinski definition) is 0. The number of para-hydroxylation sites is 4. The van der Waals surface area contributed by atoms with Crippen LogP contribution in [-0.4, -0.2) is 14.1 Å². The molecule has 0 aliphatic heterocycles. The Kier molecular flexibility index (Phi) is 69.7. The highest BCUT2D eigenvalue weighted by atomic mass is 15.1. The van der Waals surface area contributed by atoms with E-state index in [9.17, 15) is 0 Å². The van der Waals surface area contributed by atoms with Crippen molar-refractivity contribution in [1.29, 1.82) is 0 Å². The van der Waals surface area contributed by atoms with Gasteiger partial charge in [0.15, 0.2) is 0 Å². The minimum absolute atomic E-state index is 0.160. The molecule has 2 heteroatoms. The summed E-state index contributed by atoms with van der Waals surface area (Å²) in [5.74, 6) is 0. The fraction of sp³-hybridized carbons (Fsp3) is 0.271. The Morgan fingerprint density at radius 1 is 0.148 bits per heavy atom. The molecular formula is C140H182N2. The summed E-state index contributed by atoms with van der Waals surface area (Å²) in [6, 6.07) is 152. The molecule has 0 radical (unpaired) electrons. The molecule has 0 unspecified atom stereocenters. The predicted octanol–water partition coefficient (Wildman–Crippen LogP) is 46.5. The monoisotopic (exact) mass is 1890 g/mol. The van der Waals surface area contributed by atoms with E-state index in [0.717, 1.165) is 0 Å². The Bertz CT molecular complexity index is 6050. The number of rotatable bonds is 5. The third-order valence-electron chi connectivity index (χ3n) is 21.7. The molecule has 0 saturated carbocycles. The SMILES string of the molecule is CC.CC.CC.CC.CC.CC.CC.CC.CC.CC.CC.CC.CC.CC.CC.CC.CC1(C)c2ccccc2-c2ccccc21.CN(c1ccccc1)c1ccccc1.CN(c1ccccc1)c1ccccc1.Cc1ccc(-c2ccccc2)cc1.c1cc2ccc3cccc4ccc(c1)c2c34.c1cc2cccc3c4cccc5cccc(c(c1)c23)c54.c1ccc2c(c1)ccc1c3ccccc3ccc21. The van der Waals surface area contributed by atoms with Gasteiger partial charge < -0.3 is 9.80 Å². The maximum absolute atomic E-state index is 2.30. The molecule has 0 saturated heterocycles. The van der Waals surface area contributed by atoms with Gasteiger partial charge in [-0.3, -0.25) is 0 Å². The van der Waals surface area contributed by atoms with E-state index in [0.29, 0.717) is 0 Å². The zero-order valence-corrected chi connectivity index (χ0v) is 94.9. The topological polar surface area (TPSA) is 6.48 Å². The maximum Gasteiger partial charge on any atom is 0.0408 e. The summed E-state index contributed by atoms with van der Waals surface area (Å²) in [5, 5.41) is 27.0. The summed E-state index contributed by atoms with van der Waals surface area (Å²) in [7, 11) is 4.15. The maximum atomic E-state index is 2.30. The van der Waals surface area contributed by atoms with E-state index < -0.39 is 0 Å². The summed E-state index contributed by atoms with van der Waals surface area (Å²) in [4.78, 5) is 4.33. The summed E-state index contributed by atoms with van der Waals surface area (Å²) in [5.41, 5.74) is 14.6. The van der Waals surface area contributed by atoms with Gasteiger partial charge in [0.25, 0.3) is 0 Å². The van der Waals surface area contributed by atoms with Gasteiger partial charge in [0, 0.05) is 42.3 Å². The zero-order chi connectivity index (χ0) is 107. The fourth-order valence-corrected chi connectivity index (χ4v) is 16.0. The summed E-state index contributed by atoms with van der Waals surface area (Å²) < 4.78 is 0. The largest absolute Gasteiger partial charge is 0.345 e. The van der Waals surface area contributed by atoms with Crippen LogP contribution in [0.5, 0.6) is 0 Å². The first-order valence-corrected chi connectivity index (χ1v) is 54.1. The summed E-state index contributed by atoms with van der Waals surface area (Å²) in [6.45, 7) is 70.7. The Labute approximate surface area is 865 Å². The molecule has 1 aliphatic rings. The van der Waals surface area contributed by atoms with Crippen molar-refractivity contribution in [2.75, 3.05) is 23.9 Å². The molecule has 0 N–H and O–H groups in total. The van der Waals surface area contributed by atoms with Crippen LogP contribution in [0.4, 0.5) is 22.7 Å². The smallest absolute Gasteiger partial charge is 0.0408 e. The van der Waals surface area contributed by atoms with Crippen molar-refractivity contribution < 1.29 is 0 Å². The average molecular weight is 1890 g/mol. The molecule has 752 valence electrons. The number of hydrogen-bond acceptors (Lipinski definition) is 2. The third-order valence-corrected chi connectivity index (χ3v) is 21.7. The second kappa shape index (κ2) is 77.1. The van der Waals surface area contributed by atoms with Gasteiger partial charge in [-0.05, 0) is 197 Å². The van der Waals surface area contributed by atoms with E-state index in [1.807, 2.05) is 252 Å². The second-order valence-corrected chi connectivity index (χ2v) is 28.8. The van der Waals surface area contributed by atoms with Crippen molar-refractivity contribution in [2.45, 2.75) is 248 Å². The third kappa shape index (κ3) is 35.5. The van der Waals surface area contributed by atoms with E-state index in [4.69, 9.17) is 0 Å². The minimum Gasteiger partial charge on any atom is -0.345 e. The lowest BCUT2D eigenvalue weighted by Gasteiger charge is -2.20. The van der Waals surface area contributed by atoms with E-state index in [1.54, 1.807) is 0 Å². The molecule has 0 aromatic heterocycles. The lowest BCUT2D eigenvalue weighted by atomic mass is 9.82. The van der Waals surface area contributed by atoms with Crippen LogP contribution in [0.1, 0.15) is 252 Å². The lowest BCUT2D eigenvalue weighted by Crippen LogP contribution is -2.14. The molecule has 0 fully saturated rings.